The van der Waals surface area contributed by atoms with Crippen LogP contribution in [0.1, 0.15) is 11.3 Å². The van der Waals surface area contributed by atoms with Gasteiger partial charge in [0.2, 0.25) is 5.91 Å². The zero-order valence-electron chi connectivity index (χ0n) is 12.1. The standard InChI is InChI=1S/C16H20N2O3/c1-20-6-7-21-10-16(19)17-11-8-13-12-4-2-3-5-14(12)18-15(13)9-11/h2-5,11,18H,6-10H2,1H3,(H,17,19). The van der Waals surface area contributed by atoms with Gasteiger partial charge in [-0.1, -0.05) is 18.2 Å². The van der Waals surface area contributed by atoms with Crippen molar-refractivity contribution >= 4 is 16.8 Å². The highest BCUT2D eigenvalue weighted by Gasteiger charge is 2.26. The number of aromatic nitrogens is 1. The number of methoxy groups -OCH3 is 1. The maximum atomic E-state index is 11.8. The van der Waals surface area contributed by atoms with E-state index in [1.807, 2.05) is 12.1 Å². The minimum absolute atomic E-state index is 0.0643. The van der Waals surface area contributed by atoms with Gasteiger partial charge in [0, 0.05) is 36.2 Å². The molecule has 0 aliphatic heterocycles. The maximum absolute atomic E-state index is 11.8. The molecular formula is C16H20N2O3. The van der Waals surface area contributed by atoms with E-state index in [-0.39, 0.29) is 18.6 Å². The number of fused-ring (bicyclic) bond motifs is 3. The molecule has 5 heteroatoms. The molecule has 0 radical (unpaired) electrons. The first-order valence-corrected chi connectivity index (χ1v) is 7.22. The molecule has 0 fully saturated rings. The Bertz CT molecular complexity index is 635. The van der Waals surface area contributed by atoms with E-state index in [0.29, 0.717) is 13.2 Å². The number of benzene rings is 1. The van der Waals surface area contributed by atoms with E-state index in [1.54, 1.807) is 7.11 Å². The van der Waals surface area contributed by atoms with Crippen molar-refractivity contribution in [2.75, 3.05) is 26.9 Å². The SMILES string of the molecule is COCCOCC(=O)NC1Cc2[nH]c3ccccc3c2C1. The maximum Gasteiger partial charge on any atom is 0.246 e. The lowest BCUT2D eigenvalue weighted by molar-refractivity contribution is -0.126. The van der Waals surface area contributed by atoms with Gasteiger partial charge in [-0.2, -0.15) is 0 Å². The first-order valence-electron chi connectivity index (χ1n) is 7.22. The molecule has 0 saturated carbocycles. The summed E-state index contributed by atoms with van der Waals surface area (Å²) in [5.41, 5.74) is 3.74. The van der Waals surface area contributed by atoms with Gasteiger partial charge >= 0.3 is 0 Å². The van der Waals surface area contributed by atoms with Crippen LogP contribution >= 0.6 is 0 Å². The number of hydrogen-bond acceptors (Lipinski definition) is 3. The molecule has 1 unspecified atom stereocenters. The van der Waals surface area contributed by atoms with Gasteiger partial charge < -0.3 is 19.8 Å². The van der Waals surface area contributed by atoms with Crippen LogP contribution in [0.3, 0.4) is 0 Å². The second kappa shape index (κ2) is 6.28. The van der Waals surface area contributed by atoms with E-state index in [1.165, 1.54) is 22.2 Å². The number of para-hydroxylation sites is 1. The number of nitrogens with one attached hydrogen (secondary N) is 2. The molecule has 1 aromatic heterocycles. The fourth-order valence-electron chi connectivity index (χ4n) is 2.91. The quantitative estimate of drug-likeness (QED) is 0.790. The Morgan fingerprint density at radius 1 is 1.33 bits per heavy atom. The molecule has 2 aromatic rings. The van der Waals surface area contributed by atoms with Crippen molar-refractivity contribution in [1.82, 2.24) is 10.3 Å². The summed E-state index contributed by atoms with van der Waals surface area (Å²) in [6, 6.07) is 8.46. The molecule has 0 bridgehead atoms. The molecule has 0 spiro atoms. The number of aromatic amines is 1. The summed E-state index contributed by atoms with van der Waals surface area (Å²) in [4.78, 5) is 15.3. The highest BCUT2D eigenvalue weighted by atomic mass is 16.5. The Balaban J connectivity index is 1.54. The Kier molecular flexibility index (Phi) is 4.22. The van der Waals surface area contributed by atoms with E-state index < -0.39 is 0 Å². The third-order valence-electron chi connectivity index (χ3n) is 3.83. The fraction of sp³-hybridized carbons (Fsp3) is 0.438. The number of rotatable bonds is 6. The average molecular weight is 288 g/mol. The molecule has 3 rings (SSSR count). The number of amides is 1. The van der Waals surface area contributed by atoms with Gasteiger partial charge in [-0.15, -0.1) is 0 Å². The first-order chi connectivity index (χ1) is 10.3. The molecule has 1 atom stereocenters. The zero-order valence-corrected chi connectivity index (χ0v) is 12.1. The molecule has 1 aromatic carbocycles. The van der Waals surface area contributed by atoms with Crippen molar-refractivity contribution in [2.24, 2.45) is 0 Å². The molecule has 112 valence electrons. The second-order valence-corrected chi connectivity index (χ2v) is 5.35. The topological polar surface area (TPSA) is 63.4 Å². The number of ether oxygens (including phenoxy) is 2. The predicted molar refractivity (Wildman–Crippen MR) is 80.3 cm³/mol. The van der Waals surface area contributed by atoms with Crippen molar-refractivity contribution in [3.8, 4) is 0 Å². The molecule has 0 saturated heterocycles. The van der Waals surface area contributed by atoms with Crippen LogP contribution in [0.15, 0.2) is 24.3 Å². The van der Waals surface area contributed by atoms with Gasteiger partial charge in [-0.05, 0) is 18.1 Å². The van der Waals surface area contributed by atoms with Crippen LogP contribution in [-0.4, -0.2) is 43.9 Å². The van der Waals surface area contributed by atoms with Gasteiger partial charge in [0.15, 0.2) is 0 Å². The number of carbonyl (C=O) groups is 1. The van der Waals surface area contributed by atoms with Crippen LogP contribution in [0.5, 0.6) is 0 Å². The largest absolute Gasteiger partial charge is 0.382 e. The number of hydrogen-bond donors (Lipinski definition) is 2. The van der Waals surface area contributed by atoms with Crippen LogP contribution < -0.4 is 5.32 Å². The smallest absolute Gasteiger partial charge is 0.246 e. The monoisotopic (exact) mass is 288 g/mol. The summed E-state index contributed by atoms with van der Waals surface area (Å²) in [6.45, 7) is 1.04. The van der Waals surface area contributed by atoms with Crippen LogP contribution in [0.4, 0.5) is 0 Å². The highest BCUT2D eigenvalue weighted by molar-refractivity contribution is 5.85. The zero-order chi connectivity index (χ0) is 14.7. The lowest BCUT2D eigenvalue weighted by atomic mass is 10.1. The Labute approximate surface area is 123 Å². The summed E-state index contributed by atoms with van der Waals surface area (Å²) in [6.07, 6.45) is 1.73. The number of carbonyl (C=O) groups excluding carboxylic acids is 1. The highest BCUT2D eigenvalue weighted by Crippen LogP contribution is 2.29. The fourth-order valence-corrected chi connectivity index (χ4v) is 2.91. The van der Waals surface area contributed by atoms with Gasteiger partial charge in [-0.25, -0.2) is 0 Å². The van der Waals surface area contributed by atoms with Gasteiger partial charge in [0.25, 0.3) is 0 Å². The lowest BCUT2D eigenvalue weighted by Gasteiger charge is -2.12. The summed E-state index contributed by atoms with van der Waals surface area (Å²) in [5.74, 6) is -0.0643. The van der Waals surface area contributed by atoms with Gasteiger partial charge in [0.1, 0.15) is 6.61 Å². The number of H-pyrrole nitrogens is 1. The Morgan fingerprint density at radius 2 is 2.19 bits per heavy atom. The third-order valence-corrected chi connectivity index (χ3v) is 3.83. The predicted octanol–water partition coefficient (Wildman–Crippen LogP) is 1.41. The lowest BCUT2D eigenvalue weighted by Crippen LogP contribution is -2.38. The van der Waals surface area contributed by atoms with E-state index in [0.717, 1.165) is 12.8 Å². The van der Waals surface area contributed by atoms with E-state index >= 15 is 0 Å². The Hall–Kier alpha value is -1.85. The average Bonchev–Trinajstić information content (AvgIpc) is 3.00. The van der Waals surface area contributed by atoms with Crippen molar-refractivity contribution in [3.05, 3.63) is 35.5 Å². The van der Waals surface area contributed by atoms with Crippen LogP contribution in [0, 0.1) is 0 Å². The minimum atomic E-state index is -0.0643. The molecule has 1 aliphatic carbocycles. The molecule has 1 aliphatic rings. The van der Waals surface area contributed by atoms with Crippen molar-refractivity contribution < 1.29 is 14.3 Å². The molecule has 1 amide bonds. The summed E-state index contributed by atoms with van der Waals surface area (Å²) in [7, 11) is 1.61. The second-order valence-electron chi connectivity index (χ2n) is 5.35. The minimum Gasteiger partial charge on any atom is -0.382 e. The Morgan fingerprint density at radius 3 is 3.05 bits per heavy atom. The van der Waals surface area contributed by atoms with E-state index in [9.17, 15) is 4.79 Å². The van der Waals surface area contributed by atoms with E-state index in [2.05, 4.69) is 22.4 Å². The van der Waals surface area contributed by atoms with Gasteiger partial charge in [-0.3, -0.25) is 4.79 Å². The first kappa shape index (κ1) is 14.1. The molecule has 1 heterocycles. The van der Waals surface area contributed by atoms with Crippen LogP contribution in [0.2, 0.25) is 0 Å². The summed E-state index contributed by atoms with van der Waals surface area (Å²) in [5, 5.41) is 4.29. The molecule has 2 N–H and O–H groups in total. The molecular weight excluding hydrogens is 268 g/mol. The normalized spacial score (nSPS) is 17.1. The van der Waals surface area contributed by atoms with Crippen molar-refractivity contribution in [2.45, 2.75) is 18.9 Å². The van der Waals surface area contributed by atoms with Crippen LogP contribution in [0.25, 0.3) is 10.9 Å². The van der Waals surface area contributed by atoms with Crippen LogP contribution in [-0.2, 0) is 27.1 Å². The van der Waals surface area contributed by atoms with Crippen molar-refractivity contribution in [1.29, 1.82) is 0 Å². The third kappa shape index (κ3) is 3.09. The van der Waals surface area contributed by atoms with Gasteiger partial charge in [0.05, 0.1) is 13.2 Å². The van der Waals surface area contributed by atoms with Crippen molar-refractivity contribution in [3.63, 3.8) is 0 Å². The molecule has 5 nitrogen and oxygen atoms in total. The van der Waals surface area contributed by atoms with E-state index in [4.69, 9.17) is 9.47 Å². The summed E-state index contributed by atoms with van der Waals surface area (Å²) < 4.78 is 10.1. The summed E-state index contributed by atoms with van der Waals surface area (Å²) >= 11 is 0. The molecule has 21 heavy (non-hydrogen) atoms.